The van der Waals surface area contributed by atoms with E-state index in [9.17, 15) is 9.59 Å². The highest BCUT2D eigenvalue weighted by Gasteiger charge is 2.09. The standard InChI is InChI=1S/C23H22N4O3/c1-16(26-27-23(29)20-12-5-6-13-21(20)24)17-8-7-9-18(14-17)25-22(28)15-30-19-10-3-2-4-11-19/h2-14H,15,24H2,1H3,(H,25,28)(H,27,29)/b26-16-. The van der Waals surface area contributed by atoms with Crippen molar-refractivity contribution in [3.63, 3.8) is 0 Å². The first-order chi connectivity index (χ1) is 14.5. The Bertz CT molecular complexity index is 1060. The lowest BCUT2D eigenvalue weighted by atomic mass is 10.1. The minimum absolute atomic E-state index is 0.101. The van der Waals surface area contributed by atoms with E-state index in [1.165, 1.54) is 0 Å². The Morgan fingerprint density at radius 3 is 2.47 bits per heavy atom. The summed E-state index contributed by atoms with van der Waals surface area (Å²) in [7, 11) is 0. The van der Waals surface area contributed by atoms with E-state index in [1.54, 1.807) is 61.5 Å². The van der Waals surface area contributed by atoms with E-state index in [0.717, 1.165) is 5.56 Å². The number of benzene rings is 3. The minimum Gasteiger partial charge on any atom is -0.484 e. The molecular weight excluding hydrogens is 380 g/mol. The van der Waals surface area contributed by atoms with Gasteiger partial charge in [-0.2, -0.15) is 5.10 Å². The Hall–Kier alpha value is -4.13. The molecule has 30 heavy (non-hydrogen) atoms. The number of nitrogen functional groups attached to an aromatic ring is 1. The molecule has 0 fully saturated rings. The van der Waals surface area contributed by atoms with Crippen molar-refractivity contribution >= 4 is 28.9 Å². The SMILES string of the molecule is C/C(=N/NC(=O)c1ccccc1N)c1cccc(NC(=O)COc2ccccc2)c1. The monoisotopic (exact) mass is 402 g/mol. The maximum Gasteiger partial charge on any atom is 0.273 e. The molecule has 7 nitrogen and oxygen atoms in total. The van der Waals surface area contributed by atoms with Crippen molar-refractivity contribution in [2.45, 2.75) is 6.92 Å². The highest BCUT2D eigenvalue weighted by atomic mass is 16.5. The maximum absolute atomic E-state index is 12.2. The first kappa shape index (κ1) is 20.6. The molecule has 152 valence electrons. The van der Waals surface area contributed by atoms with E-state index in [-0.39, 0.29) is 12.5 Å². The van der Waals surface area contributed by atoms with Gasteiger partial charge in [-0.15, -0.1) is 0 Å². The molecule has 0 bridgehead atoms. The molecule has 0 saturated heterocycles. The number of nitrogens with zero attached hydrogens (tertiary/aromatic N) is 1. The van der Waals surface area contributed by atoms with Crippen LogP contribution in [0.2, 0.25) is 0 Å². The van der Waals surface area contributed by atoms with Gasteiger partial charge < -0.3 is 15.8 Å². The van der Waals surface area contributed by atoms with Crippen molar-refractivity contribution in [3.05, 3.63) is 90.0 Å². The summed E-state index contributed by atoms with van der Waals surface area (Å²) in [6, 6.07) is 23.0. The number of rotatable bonds is 7. The second-order valence-corrected chi connectivity index (χ2v) is 6.46. The van der Waals surface area contributed by atoms with Crippen molar-refractivity contribution < 1.29 is 14.3 Å². The highest BCUT2D eigenvalue weighted by Crippen LogP contribution is 2.13. The highest BCUT2D eigenvalue weighted by molar-refractivity contribution is 6.03. The summed E-state index contributed by atoms with van der Waals surface area (Å²) in [5.41, 5.74) is 11.0. The van der Waals surface area contributed by atoms with E-state index in [1.807, 2.05) is 24.3 Å². The normalized spacial score (nSPS) is 10.9. The smallest absolute Gasteiger partial charge is 0.273 e. The number of nitrogens with two attached hydrogens (primary N) is 1. The lowest BCUT2D eigenvalue weighted by molar-refractivity contribution is -0.118. The Morgan fingerprint density at radius 1 is 0.967 bits per heavy atom. The summed E-state index contributed by atoms with van der Waals surface area (Å²) in [5, 5.41) is 6.92. The van der Waals surface area contributed by atoms with Crippen LogP contribution < -0.4 is 21.2 Å². The zero-order valence-corrected chi connectivity index (χ0v) is 16.5. The first-order valence-electron chi connectivity index (χ1n) is 9.30. The average molecular weight is 402 g/mol. The van der Waals surface area contributed by atoms with Gasteiger partial charge in [0.25, 0.3) is 11.8 Å². The Kier molecular flexibility index (Phi) is 6.78. The molecule has 0 unspecified atom stereocenters. The fourth-order valence-corrected chi connectivity index (χ4v) is 2.65. The third kappa shape index (κ3) is 5.68. The largest absolute Gasteiger partial charge is 0.484 e. The molecule has 0 atom stereocenters. The number of nitrogens with one attached hydrogen (secondary N) is 2. The maximum atomic E-state index is 12.2. The van der Waals surface area contributed by atoms with Crippen LogP contribution in [0, 0.1) is 0 Å². The molecule has 0 spiro atoms. The van der Waals surface area contributed by atoms with Crippen LogP contribution in [0.15, 0.2) is 84.0 Å². The number of ether oxygens (including phenoxy) is 1. The summed E-state index contributed by atoms with van der Waals surface area (Å²) in [4.78, 5) is 24.4. The van der Waals surface area contributed by atoms with Crippen molar-refractivity contribution in [1.29, 1.82) is 0 Å². The molecule has 3 rings (SSSR count). The zero-order valence-electron chi connectivity index (χ0n) is 16.5. The average Bonchev–Trinajstić information content (AvgIpc) is 2.77. The van der Waals surface area contributed by atoms with Crippen LogP contribution in [0.5, 0.6) is 5.75 Å². The number of amides is 2. The molecule has 3 aromatic carbocycles. The van der Waals surface area contributed by atoms with Gasteiger partial charge in [-0.3, -0.25) is 9.59 Å². The Balaban J connectivity index is 1.59. The number of para-hydroxylation sites is 2. The fraction of sp³-hybridized carbons (Fsp3) is 0.0870. The third-order valence-corrected chi connectivity index (χ3v) is 4.21. The molecule has 0 aromatic heterocycles. The molecular formula is C23H22N4O3. The van der Waals surface area contributed by atoms with Crippen LogP contribution in [-0.4, -0.2) is 24.1 Å². The molecule has 2 amide bonds. The van der Waals surface area contributed by atoms with Crippen LogP contribution >= 0.6 is 0 Å². The van der Waals surface area contributed by atoms with Gasteiger partial charge in [0.15, 0.2) is 6.61 Å². The van der Waals surface area contributed by atoms with E-state index in [0.29, 0.717) is 28.4 Å². The van der Waals surface area contributed by atoms with Gasteiger partial charge >= 0.3 is 0 Å². The van der Waals surface area contributed by atoms with Gasteiger partial charge in [0.1, 0.15) is 5.75 Å². The summed E-state index contributed by atoms with van der Waals surface area (Å²) >= 11 is 0. The van der Waals surface area contributed by atoms with Gasteiger partial charge in [-0.25, -0.2) is 5.43 Å². The summed E-state index contributed by atoms with van der Waals surface area (Å²) in [6.07, 6.45) is 0. The lowest BCUT2D eigenvalue weighted by Gasteiger charge is -2.09. The van der Waals surface area contributed by atoms with Gasteiger partial charge in [0, 0.05) is 11.4 Å². The van der Waals surface area contributed by atoms with Crippen LogP contribution in [0.25, 0.3) is 0 Å². The van der Waals surface area contributed by atoms with Crippen molar-refractivity contribution in [1.82, 2.24) is 5.43 Å². The molecule has 0 radical (unpaired) electrons. The number of carbonyl (C=O) groups is 2. The van der Waals surface area contributed by atoms with Crippen LogP contribution in [0.1, 0.15) is 22.8 Å². The van der Waals surface area contributed by atoms with Crippen LogP contribution in [0.4, 0.5) is 11.4 Å². The molecule has 3 aromatic rings. The summed E-state index contributed by atoms with van der Waals surface area (Å²) in [5.74, 6) is -0.0485. The number of hydrogen-bond acceptors (Lipinski definition) is 5. The van der Waals surface area contributed by atoms with E-state index >= 15 is 0 Å². The molecule has 0 aliphatic rings. The Labute approximate surface area is 174 Å². The topological polar surface area (TPSA) is 106 Å². The van der Waals surface area contributed by atoms with Gasteiger partial charge in [-0.05, 0) is 48.9 Å². The molecule has 0 aliphatic heterocycles. The van der Waals surface area contributed by atoms with Gasteiger partial charge in [0.2, 0.25) is 0 Å². The molecule has 4 N–H and O–H groups in total. The van der Waals surface area contributed by atoms with E-state index in [2.05, 4.69) is 15.8 Å². The second kappa shape index (κ2) is 9.88. The van der Waals surface area contributed by atoms with Gasteiger partial charge in [-0.1, -0.05) is 42.5 Å². The van der Waals surface area contributed by atoms with E-state index < -0.39 is 5.91 Å². The van der Waals surface area contributed by atoms with Crippen molar-refractivity contribution in [3.8, 4) is 5.75 Å². The fourth-order valence-electron chi connectivity index (χ4n) is 2.65. The van der Waals surface area contributed by atoms with Crippen LogP contribution in [-0.2, 0) is 4.79 Å². The van der Waals surface area contributed by atoms with Crippen molar-refractivity contribution in [2.24, 2.45) is 5.10 Å². The number of carbonyl (C=O) groups excluding carboxylic acids is 2. The molecule has 0 heterocycles. The molecule has 7 heteroatoms. The van der Waals surface area contributed by atoms with E-state index in [4.69, 9.17) is 10.5 Å². The first-order valence-corrected chi connectivity index (χ1v) is 9.30. The lowest BCUT2D eigenvalue weighted by Crippen LogP contribution is -2.21. The molecule has 0 aliphatic carbocycles. The third-order valence-electron chi connectivity index (χ3n) is 4.21. The predicted octanol–water partition coefficient (Wildman–Crippen LogP) is 3.44. The minimum atomic E-state index is -0.394. The molecule has 0 saturated carbocycles. The zero-order chi connectivity index (χ0) is 21.3. The van der Waals surface area contributed by atoms with Crippen LogP contribution in [0.3, 0.4) is 0 Å². The Morgan fingerprint density at radius 2 is 1.70 bits per heavy atom. The quantitative estimate of drug-likeness (QED) is 0.320. The number of hydrogen-bond donors (Lipinski definition) is 3. The predicted molar refractivity (Wildman–Crippen MR) is 118 cm³/mol. The summed E-state index contributed by atoms with van der Waals surface area (Å²) < 4.78 is 5.44. The number of anilines is 2. The second-order valence-electron chi connectivity index (χ2n) is 6.46. The van der Waals surface area contributed by atoms with Crippen molar-refractivity contribution in [2.75, 3.05) is 17.7 Å². The number of hydrazone groups is 1. The van der Waals surface area contributed by atoms with Gasteiger partial charge in [0.05, 0.1) is 11.3 Å². The summed E-state index contributed by atoms with van der Waals surface area (Å²) in [6.45, 7) is 1.66.